The van der Waals surface area contributed by atoms with Gasteiger partial charge in [-0.2, -0.15) is 0 Å². The molecule has 0 aromatic heterocycles. The molecule has 1 aromatic rings. The second kappa shape index (κ2) is 8.28. The van der Waals surface area contributed by atoms with E-state index in [1.807, 2.05) is 18.2 Å². The molecule has 0 saturated heterocycles. The first-order valence-electron chi connectivity index (χ1n) is 7.82. The maximum Gasteiger partial charge on any atom is 0.123 e. The van der Waals surface area contributed by atoms with Crippen molar-refractivity contribution in [2.75, 3.05) is 13.7 Å². The molecule has 1 saturated carbocycles. The molecule has 0 spiro atoms. The molecule has 2 N–H and O–H groups in total. The zero-order valence-corrected chi connectivity index (χ0v) is 12.5. The van der Waals surface area contributed by atoms with Crippen molar-refractivity contribution in [2.45, 2.75) is 51.2 Å². The number of para-hydroxylation sites is 1. The van der Waals surface area contributed by atoms with Crippen molar-refractivity contribution in [1.82, 2.24) is 5.32 Å². The van der Waals surface area contributed by atoms with Crippen LogP contribution in [0.5, 0.6) is 5.75 Å². The predicted octanol–water partition coefficient (Wildman–Crippen LogP) is 3.12. The average Bonchev–Trinajstić information content (AvgIpc) is 2.49. The van der Waals surface area contributed by atoms with Crippen molar-refractivity contribution in [3.63, 3.8) is 0 Å². The van der Waals surface area contributed by atoms with Crippen molar-refractivity contribution >= 4 is 0 Å². The standard InChI is InChI=1S/C17H27NO2/c1-20-17-11-5-3-8-15(17)13-18-12-6-9-14-7-2-4-10-16(14)19/h3,5,8,11,14,16,18-19H,2,4,6-7,9-10,12-13H2,1H3. The summed E-state index contributed by atoms with van der Waals surface area (Å²) in [6.07, 6.45) is 6.90. The van der Waals surface area contributed by atoms with Gasteiger partial charge in [0.05, 0.1) is 13.2 Å². The molecule has 1 aliphatic carbocycles. The fourth-order valence-electron chi connectivity index (χ4n) is 3.09. The summed E-state index contributed by atoms with van der Waals surface area (Å²) in [4.78, 5) is 0. The van der Waals surface area contributed by atoms with Crippen LogP contribution < -0.4 is 10.1 Å². The van der Waals surface area contributed by atoms with Crippen LogP contribution in [0.2, 0.25) is 0 Å². The van der Waals surface area contributed by atoms with Gasteiger partial charge in [0.2, 0.25) is 0 Å². The number of aliphatic hydroxyl groups excluding tert-OH is 1. The molecular formula is C17H27NO2. The van der Waals surface area contributed by atoms with Crippen LogP contribution in [0.4, 0.5) is 0 Å². The highest BCUT2D eigenvalue weighted by Gasteiger charge is 2.21. The van der Waals surface area contributed by atoms with Gasteiger partial charge in [0, 0.05) is 12.1 Å². The van der Waals surface area contributed by atoms with Crippen LogP contribution in [-0.2, 0) is 6.54 Å². The Kier molecular flexibility index (Phi) is 6.34. The lowest BCUT2D eigenvalue weighted by Crippen LogP contribution is -2.25. The molecule has 1 aromatic carbocycles. The van der Waals surface area contributed by atoms with E-state index in [4.69, 9.17) is 4.74 Å². The molecule has 2 atom stereocenters. The van der Waals surface area contributed by atoms with Gasteiger partial charge in [0.15, 0.2) is 0 Å². The lowest BCUT2D eigenvalue weighted by Gasteiger charge is -2.27. The van der Waals surface area contributed by atoms with Gasteiger partial charge in [0.1, 0.15) is 5.75 Å². The van der Waals surface area contributed by atoms with Gasteiger partial charge >= 0.3 is 0 Å². The fraction of sp³-hybridized carbons (Fsp3) is 0.647. The second-order valence-electron chi connectivity index (χ2n) is 5.74. The third kappa shape index (κ3) is 4.50. The first-order valence-corrected chi connectivity index (χ1v) is 7.82. The van der Waals surface area contributed by atoms with Crippen LogP contribution in [0.1, 0.15) is 44.1 Å². The van der Waals surface area contributed by atoms with Crippen LogP contribution in [0, 0.1) is 5.92 Å². The Morgan fingerprint density at radius 2 is 2.05 bits per heavy atom. The highest BCUT2D eigenvalue weighted by atomic mass is 16.5. The van der Waals surface area contributed by atoms with Gasteiger partial charge in [-0.05, 0) is 44.2 Å². The fourth-order valence-corrected chi connectivity index (χ4v) is 3.09. The molecule has 0 heterocycles. The van der Waals surface area contributed by atoms with Crippen molar-refractivity contribution in [1.29, 1.82) is 0 Å². The Bertz CT molecular complexity index is 394. The largest absolute Gasteiger partial charge is 0.496 e. The van der Waals surface area contributed by atoms with Crippen LogP contribution in [0.3, 0.4) is 0 Å². The van der Waals surface area contributed by atoms with E-state index >= 15 is 0 Å². The van der Waals surface area contributed by atoms with E-state index in [0.717, 1.165) is 38.1 Å². The van der Waals surface area contributed by atoms with Crippen molar-refractivity contribution in [3.8, 4) is 5.75 Å². The zero-order chi connectivity index (χ0) is 14.2. The molecule has 1 fully saturated rings. The van der Waals surface area contributed by atoms with Crippen molar-refractivity contribution in [3.05, 3.63) is 29.8 Å². The molecule has 0 radical (unpaired) electrons. The van der Waals surface area contributed by atoms with Gasteiger partial charge in [0.25, 0.3) is 0 Å². The summed E-state index contributed by atoms with van der Waals surface area (Å²) >= 11 is 0. The number of hydrogen-bond acceptors (Lipinski definition) is 3. The summed E-state index contributed by atoms with van der Waals surface area (Å²) in [5.74, 6) is 1.47. The predicted molar refractivity (Wildman–Crippen MR) is 81.9 cm³/mol. The maximum atomic E-state index is 9.93. The van der Waals surface area contributed by atoms with Gasteiger partial charge in [-0.3, -0.25) is 0 Å². The lowest BCUT2D eigenvalue weighted by atomic mass is 9.83. The minimum atomic E-state index is -0.0574. The van der Waals surface area contributed by atoms with E-state index < -0.39 is 0 Å². The topological polar surface area (TPSA) is 41.5 Å². The molecule has 2 rings (SSSR count). The third-order valence-electron chi connectivity index (χ3n) is 4.31. The van der Waals surface area contributed by atoms with E-state index in [1.54, 1.807) is 7.11 Å². The first-order chi connectivity index (χ1) is 9.81. The summed E-state index contributed by atoms with van der Waals surface area (Å²) in [5.41, 5.74) is 1.20. The third-order valence-corrected chi connectivity index (χ3v) is 4.31. The Hall–Kier alpha value is -1.06. The summed E-state index contributed by atoms with van der Waals surface area (Å²) in [7, 11) is 1.71. The highest BCUT2D eigenvalue weighted by Crippen LogP contribution is 2.27. The van der Waals surface area contributed by atoms with Crippen LogP contribution >= 0.6 is 0 Å². The Labute approximate surface area is 122 Å². The quantitative estimate of drug-likeness (QED) is 0.752. The molecule has 112 valence electrons. The number of methoxy groups -OCH3 is 1. The molecule has 0 bridgehead atoms. The van der Waals surface area contributed by atoms with Crippen LogP contribution in [0.15, 0.2) is 24.3 Å². The summed E-state index contributed by atoms with van der Waals surface area (Å²) in [5, 5.41) is 13.4. The van der Waals surface area contributed by atoms with E-state index in [1.165, 1.54) is 24.8 Å². The summed E-state index contributed by atoms with van der Waals surface area (Å²) < 4.78 is 5.34. The second-order valence-corrected chi connectivity index (χ2v) is 5.74. The number of rotatable bonds is 7. The molecule has 3 heteroatoms. The lowest BCUT2D eigenvalue weighted by molar-refractivity contribution is 0.0643. The Balaban J connectivity index is 1.64. The average molecular weight is 277 g/mol. The van der Waals surface area contributed by atoms with Gasteiger partial charge in [-0.15, -0.1) is 0 Å². The number of ether oxygens (including phenoxy) is 1. The van der Waals surface area contributed by atoms with E-state index in [-0.39, 0.29) is 6.10 Å². The maximum absolute atomic E-state index is 9.93. The molecule has 3 nitrogen and oxygen atoms in total. The van der Waals surface area contributed by atoms with Crippen molar-refractivity contribution < 1.29 is 9.84 Å². The van der Waals surface area contributed by atoms with Gasteiger partial charge in [-0.1, -0.05) is 31.0 Å². The van der Waals surface area contributed by atoms with E-state index in [9.17, 15) is 5.11 Å². The minimum Gasteiger partial charge on any atom is -0.496 e. The van der Waals surface area contributed by atoms with E-state index in [2.05, 4.69) is 11.4 Å². The summed E-state index contributed by atoms with van der Waals surface area (Å²) in [6, 6.07) is 8.12. The molecular weight excluding hydrogens is 250 g/mol. The normalized spacial score (nSPS) is 22.7. The monoisotopic (exact) mass is 277 g/mol. The smallest absolute Gasteiger partial charge is 0.123 e. The Morgan fingerprint density at radius 3 is 2.85 bits per heavy atom. The number of nitrogens with one attached hydrogen (secondary N) is 1. The number of aliphatic hydroxyl groups is 1. The van der Waals surface area contributed by atoms with Crippen LogP contribution in [-0.4, -0.2) is 24.9 Å². The van der Waals surface area contributed by atoms with Gasteiger partial charge < -0.3 is 15.2 Å². The van der Waals surface area contributed by atoms with Crippen molar-refractivity contribution in [2.24, 2.45) is 5.92 Å². The molecule has 20 heavy (non-hydrogen) atoms. The van der Waals surface area contributed by atoms with Gasteiger partial charge in [-0.25, -0.2) is 0 Å². The van der Waals surface area contributed by atoms with E-state index in [0.29, 0.717) is 5.92 Å². The zero-order valence-electron chi connectivity index (χ0n) is 12.5. The SMILES string of the molecule is COc1ccccc1CNCCCC1CCCCC1O. The first kappa shape index (κ1) is 15.3. The summed E-state index contributed by atoms with van der Waals surface area (Å²) in [6.45, 7) is 1.85. The number of hydrogen-bond donors (Lipinski definition) is 2. The molecule has 0 aliphatic heterocycles. The Morgan fingerprint density at radius 1 is 1.25 bits per heavy atom. The molecule has 2 unspecified atom stereocenters. The van der Waals surface area contributed by atoms with Crippen LogP contribution in [0.25, 0.3) is 0 Å². The highest BCUT2D eigenvalue weighted by molar-refractivity contribution is 5.32. The number of benzene rings is 1. The minimum absolute atomic E-state index is 0.0574. The molecule has 1 aliphatic rings. The molecule has 0 amide bonds.